The third-order valence-electron chi connectivity index (χ3n) is 5.63. The second kappa shape index (κ2) is 6.23. The van der Waals surface area contributed by atoms with Gasteiger partial charge in [-0.2, -0.15) is 0 Å². The van der Waals surface area contributed by atoms with Gasteiger partial charge in [0.2, 0.25) is 0 Å². The number of carbonyl (C=O) groups is 1. The molecule has 0 aromatic carbocycles. The van der Waals surface area contributed by atoms with E-state index < -0.39 is 0 Å². The van der Waals surface area contributed by atoms with Gasteiger partial charge in [-0.3, -0.25) is 9.69 Å². The molecule has 0 aliphatic carbocycles. The van der Waals surface area contributed by atoms with Crippen molar-refractivity contribution in [3.05, 3.63) is 29.6 Å². The Morgan fingerprint density at radius 2 is 1.87 bits per heavy atom. The lowest BCUT2D eigenvalue weighted by atomic mass is 9.83. The van der Waals surface area contributed by atoms with E-state index in [1.165, 1.54) is 0 Å². The standard InChI is InChI=1S/C19H29N3O/c1-14(2)15-12-22(13-15)19(3,4)17-9-7-8-16(20-17)18(23)21-10-5-6-11-21/h7-9,14-15H,5-6,10-13H2,1-4H3. The lowest BCUT2D eigenvalue weighted by molar-refractivity contribution is -0.0200. The van der Waals surface area contributed by atoms with Crippen molar-refractivity contribution in [2.24, 2.45) is 11.8 Å². The summed E-state index contributed by atoms with van der Waals surface area (Å²) in [6.07, 6.45) is 2.22. The van der Waals surface area contributed by atoms with Gasteiger partial charge in [-0.25, -0.2) is 4.98 Å². The van der Waals surface area contributed by atoms with Crippen LogP contribution in [0.2, 0.25) is 0 Å². The van der Waals surface area contributed by atoms with Crippen molar-refractivity contribution >= 4 is 5.91 Å². The molecule has 23 heavy (non-hydrogen) atoms. The second-order valence-corrected chi connectivity index (χ2v) is 7.88. The molecule has 0 unspecified atom stereocenters. The highest BCUT2D eigenvalue weighted by atomic mass is 16.2. The maximum absolute atomic E-state index is 12.6. The third-order valence-corrected chi connectivity index (χ3v) is 5.63. The van der Waals surface area contributed by atoms with Gasteiger partial charge in [0.05, 0.1) is 11.2 Å². The minimum Gasteiger partial charge on any atom is -0.337 e. The number of nitrogens with zero attached hydrogens (tertiary/aromatic N) is 3. The van der Waals surface area contributed by atoms with E-state index in [-0.39, 0.29) is 11.4 Å². The number of likely N-dealkylation sites (tertiary alicyclic amines) is 2. The van der Waals surface area contributed by atoms with Crippen molar-refractivity contribution in [3.8, 4) is 0 Å². The van der Waals surface area contributed by atoms with Crippen molar-refractivity contribution in [3.63, 3.8) is 0 Å². The van der Waals surface area contributed by atoms with Crippen LogP contribution >= 0.6 is 0 Å². The Morgan fingerprint density at radius 1 is 1.22 bits per heavy atom. The summed E-state index contributed by atoms with van der Waals surface area (Å²) >= 11 is 0. The molecule has 0 N–H and O–H groups in total. The minimum absolute atomic E-state index is 0.0869. The van der Waals surface area contributed by atoms with E-state index in [1.807, 2.05) is 17.0 Å². The summed E-state index contributed by atoms with van der Waals surface area (Å²) in [5, 5.41) is 0. The molecule has 1 amide bonds. The molecule has 0 bridgehead atoms. The number of carbonyl (C=O) groups excluding carboxylic acids is 1. The van der Waals surface area contributed by atoms with Gasteiger partial charge in [0.1, 0.15) is 5.69 Å². The van der Waals surface area contributed by atoms with Gasteiger partial charge in [0.25, 0.3) is 5.91 Å². The van der Waals surface area contributed by atoms with E-state index in [0.29, 0.717) is 5.69 Å². The largest absolute Gasteiger partial charge is 0.337 e. The number of hydrogen-bond acceptors (Lipinski definition) is 3. The summed E-state index contributed by atoms with van der Waals surface area (Å²) in [7, 11) is 0. The van der Waals surface area contributed by atoms with Crippen LogP contribution in [0.5, 0.6) is 0 Å². The van der Waals surface area contributed by atoms with Crippen molar-refractivity contribution in [2.75, 3.05) is 26.2 Å². The highest BCUT2D eigenvalue weighted by molar-refractivity contribution is 5.92. The molecule has 4 heteroatoms. The SMILES string of the molecule is CC(C)C1CN(C(C)(C)c2cccc(C(=O)N3CCCC3)n2)C1. The Hall–Kier alpha value is -1.42. The predicted molar refractivity (Wildman–Crippen MR) is 92.3 cm³/mol. The summed E-state index contributed by atoms with van der Waals surface area (Å²) in [6, 6.07) is 5.89. The summed E-state index contributed by atoms with van der Waals surface area (Å²) in [4.78, 5) is 21.7. The molecule has 0 saturated carbocycles. The van der Waals surface area contributed by atoms with Gasteiger partial charge < -0.3 is 4.90 Å². The van der Waals surface area contributed by atoms with Crippen LogP contribution in [-0.2, 0) is 5.54 Å². The first-order valence-electron chi connectivity index (χ1n) is 8.91. The molecule has 3 rings (SSSR count). The molecule has 3 heterocycles. The maximum Gasteiger partial charge on any atom is 0.272 e. The van der Waals surface area contributed by atoms with Gasteiger partial charge >= 0.3 is 0 Å². The first kappa shape index (κ1) is 16.4. The van der Waals surface area contributed by atoms with Gasteiger partial charge in [-0.05, 0) is 50.7 Å². The molecule has 126 valence electrons. The fourth-order valence-corrected chi connectivity index (χ4v) is 3.53. The Kier molecular flexibility index (Phi) is 4.45. The summed E-state index contributed by atoms with van der Waals surface area (Å²) in [5.74, 6) is 1.60. The first-order valence-corrected chi connectivity index (χ1v) is 8.91. The molecule has 4 nitrogen and oxygen atoms in total. The Morgan fingerprint density at radius 3 is 2.48 bits per heavy atom. The fourth-order valence-electron chi connectivity index (χ4n) is 3.53. The summed E-state index contributed by atoms with van der Waals surface area (Å²) < 4.78 is 0. The van der Waals surface area contributed by atoms with Gasteiger partial charge in [0.15, 0.2) is 0 Å². The Bertz CT molecular complexity index is 570. The molecule has 0 spiro atoms. The molecule has 2 fully saturated rings. The van der Waals surface area contributed by atoms with Crippen LogP contribution in [0.25, 0.3) is 0 Å². The molecule has 0 atom stereocenters. The normalized spacial score (nSPS) is 20.1. The fraction of sp³-hybridized carbons (Fsp3) is 0.684. The van der Waals surface area contributed by atoms with Crippen molar-refractivity contribution < 1.29 is 4.79 Å². The molecule has 0 radical (unpaired) electrons. The lowest BCUT2D eigenvalue weighted by Gasteiger charge is -2.50. The van der Waals surface area contributed by atoms with Crippen LogP contribution in [0.1, 0.15) is 56.7 Å². The van der Waals surface area contributed by atoms with Crippen LogP contribution in [0.3, 0.4) is 0 Å². The number of hydrogen-bond donors (Lipinski definition) is 0. The molecular weight excluding hydrogens is 286 g/mol. The van der Waals surface area contributed by atoms with E-state index in [2.05, 4.69) is 38.7 Å². The van der Waals surface area contributed by atoms with Gasteiger partial charge in [0, 0.05) is 26.2 Å². The van der Waals surface area contributed by atoms with Crippen LogP contribution in [0.4, 0.5) is 0 Å². The molecule has 2 saturated heterocycles. The zero-order chi connectivity index (χ0) is 16.6. The van der Waals surface area contributed by atoms with E-state index in [1.54, 1.807) is 0 Å². The topological polar surface area (TPSA) is 36.4 Å². The van der Waals surface area contributed by atoms with Crippen LogP contribution in [0.15, 0.2) is 18.2 Å². The van der Waals surface area contributed by atoms with Crippen LogP contribution in [0, 0.1) is 11.8 Å². The average Bonchev–Trinajstić information content (AvgIpc) is 2.98. The van der Waals surface area contributed by atoms with E-state index in [0.717, 1.165) is 56.6 Å². The van der Waals surface area contributed by atoms with Gasteiger partial charge in [-0.1, -0.05) is 19.9 Å². The zero-order valence-corrected chi connectivity index (χ0v) is 14.9. The number of amides is 1. The van der Waals surface area contributed by atoms with Crippen molar-refractivity contribution in [2.45, 2.75) is 46.1 Å². The quantitative estimate of drug-likeness (QED) is 0.856. The maximum atomic E-state index is 12.6. The Labute approximate surface area is 139 Å². The molecule has 2 aliphatic rings. The second-order valence-electron chi connectivity index (χ2n) is 7.88. The van der Waals surface area contributed by atoms with E-state index in [4.69, 9.17) is 4.98 Å². The number of pyridine rings is 1. The molecule has 2 aliphatic heterocycles. The smallest absolute Gasteiger partial charge is 0.272 e. The predicted octanol–water partition coefficient (Wildman–Crippen LogP) is 3.14. The molecule has 1 aromatic rings. The van der Waals surface area contributed by atoms with E-state index >= 15 is 0 Å². The van der Waals surface area contributed by atoms with E-state index in [9.17, 15) is 4.79 Å². The van der Waals surface area contributed by atoms with Crippen LogP contribution in [-0.4, -0.2) is 46.9 Å². The third kappa shape index (κ3) is 3.14. The zero-order valence-electron chi connectivity index (χ0n) is 14.9. The molecular formula is C19H29N3O. The van der Waals surface area contributed by atoms with Crippen molar-refractivity contribution in [1.29, 1.82) is 0 Å². The lowest BCUT2D eigenvalue weighted by Crippen LogP contribution is -2.57. The van der Waals surface area contributed by atoms with Crippen LogP contribution < -0.4 is 0 Å². The summed E-state index contributed by atoms with van der Waals surface area (Å²) in [6.45, 7) is 13.0. The monoisotopic (exact) mass is 315 g/mol. The minimum atomic E-state index is -0.118. The van der Waals surface area contributed by atoms with Crippen molar-refractivity contribution in [1.82, 2.24) is 14.8 Å². The number of rotatable bonds is 4. The Balaban J connectivity index is 1.75. The average molecular weight is 315 g/mol. The first-order chi connectivity index (χ1) is 10.9. The molecule has 1 aromatic heterocycles. The van der Waals surface area contributed by atoms with Gasteiger partial charge in [-0.15, -0.1) is 0 Å². The summed E-state index contributed by atoms with van der Waals surface area (Å²) in [5.41, 5.74) is 1.48. The highest BCUT2D eigenvalue weighted by Crippen LogP contribution is 2.35. The highest BCUT2D eigenvalue weighted by Gasteiger charge is 2.40. The number of aromatic nitrogens is 1.